The molecule has 136 valence electrons. The number of hydrogen-bond acceptors (Lipinski definition) is 5. The molecule has 0 bridgehead atoms. The average Bonchev–Trinajstić information content (AvgIpc) is 3.18. The minimum Gasteiger partial charge on any atom is -0.508 e. The average molecular weight is 378 g/mol. The second-order valence-corrected chi connectivity index (χ2v) is 7.37. The monoisotopic (exact) mass is 378 g/mol. The predicted molar refractivity (Wildman–Crippen MR) is 108 cm³/mol. The lowest BCUT2D eigenvalue weighted by molar-refractivity contribution is 0.318. The van der Waals surface area contributed by atoms with Crippen LogP contribution in [0.5, 0.6) is 5.75 Å². The van der Waals surface area contributed by atoms with Crippen molar-refractivity contribution in [2.75, 3.05) is 0 Å². The van der Waals surface area contributed by atoms with Crippen LogP contribution in [-0.4, -0.2) is 25.7 Å². The highest BCUT2D eigenvalue weighted by molar-refractivity contribution is 7.10. The van der Waals surface area contributed by atoms with Crippen molar-refractivity contribution in [3.05, 3.63) is 64.0 Å². The molecule has 0 atom stereocenters. The van der Waals surface area contributed by atoms with E-state index >= 15 is 0 Å². The Balaban J connectivity index is 2.22. The van der Waals surface area contributed by atoms with Crippen molar-refractivity contribution < 1.29 is 10.3 Å². The highest BCUT2D eigenvalue weighted by Gasteiger charge is 2.26. The van der Waals surface area contributed by atoms with Crippen LogP contribution >= 0.6 is 11.3 Å². The summed E-state index contributed by atoms with van der Waals surface area (Å²) in [5.74, 6) is 0.217. The molecule has 3 aromatic heterocycles. The molecule has 0 amide bonds. The smallest absolute Gasteiger partial charge is 0.172 e. The zero-order chi connectivity index (χ0) is 19.1. The molecule has 0 saturated carbocycles. The maximum atomic E-state index is 9.69. The van der Waals surface area contributed by atoms with Crippen LogP contribution in [0, 0.1) is 13.8 Å². The van der Waals surface area contributed by atoms with Gasteiger partial charge in [-0.3, -0.25) is 4.57 Å². The van der Waals surface area contributed by atoms with Crippen molar-refractivity contribution in [2.45, 2.75) is 13.8 Å². The van der Waals surface area contributed by atoms with Crippen LogP contribution in [0.4, 0.5) is 0 Å². The summed E-state index contributed by atoms with van der Waals surface area (Å²) in [6, 6.07) is 10.6. The first-order valence-electron chi connectivity index (χ1n) is 8.34. The zero-order valence-electron chi connectivity index (χ0n) is 14.8. The Bertz CT molecular complexity index is 1150. The van der Waals surface area contributed by atoms with Gasteiger partial charge in [-0.25, -0.2) is 4.98 Å². The number of pyridine rings is 1. The molecule has 3 heterocycles. The van der Waals surface area contributed by atoms with Gasteiger partial charge in [-0.2, -0.15) is 0 Å². The number of thiophene rings is 1. The topological polar surface area (TPSA) is 96.7 Å². The van der Waals surface area contributed by atoms with Crippen molar-refractivity contribution in [1.29, 1.82) is 0 Å². The Morgan fingerprint density at radius 2 is 1.93 bits per heavy atom. The summed E-state index contributed by atoms with van der Waals surface area (Å²) in [5.41, 5.74) is 11.2. The van der Waals surface area contributed by atoms with Crippen LogP contribution in [0.2, 0.25) is 0 Å². The standard InChI is InChI=1S/C20H18N4O2S/c1-11-10-27-12(2)16(11)18-17(19(21)23-26)15-4-3-9-22-20(15)24(18)13-5-7-14(25)8-6-13/h3-10,25-26H,1-2H3,(H2,21,23). The second-order valence-electron chi connectivity index (χ2n) is 6.29. The van der Waals surface area contributed by atoms with Gasteiger partial charge in [0.05, 0.1) is 11.3 Å². The first kappa shape index (κ1) is 17.1. The van der Waals surface area contributed by atoms with E-state index in [4.69, 9.17) is 5.73 Å². The molecule has 0 spiro atoms. The molecular weight excluding hydrogens is 360 g/mol. The summed E-state index contributed by atoms with van der Waals surface area (Å²) in [4.78, 5) is 5.69. The van der Waals surface area contributed by atoms with E-state index in [1.165, 1.54) is 0 Å². The summed E-state index contributed by atoms with van der Waals surface area (Å²) in [6.07, 6.45) is 1.71. The SMILES string of the molecule is Cc1csc(C)c1-c1c(/C(N)=N/O)c2cccnc2n1-c1ccc(O)cc1. The normalized spacial score (nSPS) is 12.0. The third-order valence-corrected chi connectivity index (χ3v) is 5.62. The number of fused-ring (bicyclic) bond motifs is 1. The van der Waals surface area contributed by atoms with E-state index in [1.54, 1.807) is 29.7 Å². The molecule has 6 nitrogen and oxygen atoms in total. The molecule has 4 N–H and O–H groups in total. The number of aryl methyl sites for hydroxylation is 2. The van der Waals surface area contributed by atoms with Gasteiger partial charge in [-0.1, -0.05) is 5.16 Å². The van der Waals surface area contributed by atoms with Crippen LogP contribution in [0.25, 0.3) is 28.0 Å². The first-order chi connectivity index (χ1) is 13.0. The van der Waals surface area contributed by atoms with E-state index in [0.29, 0.717) is 11.2 Å². The molecule has 0 aliphatic carbocycles. The number of hydrogen-bond donors (Lipinski definition) is 3. The summed E-state index contributed by atoms with van der Waals surface area (Å²) >= 11 is 1.65. The summed E-state index contributed by atoms with van der Waals surface area (Å²) in [5, 5.41) is 25.3. The fourth-order valence-corrected chi connectivity index (χ4v) is 4.29. The maximum Gasteiger partial charge on any atom is 0.172 e. The highest BCUT2D eigenvalue weighted by atomic mass is 32.1. The summed E-state index contributed by atoms with van der Waals surface area (Å²) < 4.78 is 1.99. The Labute approximate surface area is 159 Å². The molecule has 1 aromatic carbocycles. The van der Waals surface area contributed by atoms with Crippen molar-refractivity contribution >= 4 is 28.2 Å². The Morgan fingerprint density at radius 3 is 2.56 bits per heavy atom. The molecule has 0 aliphatic rings. The molecule has 7 heteroatoms. The largest absolute Gasteiger partial charge is 0.508 e. The van der Waals surface area contributed by atoms with Crippen LogP contribution in [-0.2, 0) is 0 Å². The number of aromatic hydroxyl groups is 1. The van der Waals surface area contributed by atoms with Crippen LogP contribution in [0.1, 0.15) is 16.0 Å². The lowest BCUT2D eigenvalue weighted by Gasteiger charge is -2.13. The van der Waals surface area contributed by atoms with Gasteiger partial charge in [0.2, 0.25) is 0 Å². The van der Waals surface area contributed by atoms with Gasteiger partial charge in [0.1, 0.15) is 11.4 Å². The third-order valence-electron chi connectivity index (χ3n) is 4.60. The Hall–Kier alpha value is -3.32. The third kappa shape index (κ3) is 2.63. The zero-order valence-corrected chi connectivity index (χ0v) is 15.7. The molecule has 0 fully saturated rings. The molecule has 4 rings (SSSR count). The van der Waals surface area contributed by atoms with Crippen molar-refractivity contribution in [1.82, 2.24) is 9.55 Å². The van der Waals surface area contributed by atoms with E-state index < -0.39 is 0 Å². The van der Waals surface area contributed by atoms with Crippen LogP contribution in [0.3, 0.4) is 0 Å². The number of aromatic nitrogens is 2. The van der Waals surface area contributed by atoms with Crippen molar-refractivity contribution in [2.24, 2.45) is 10.9 Å². The van der Waals surface area contributed by atoms with E-state index in [2.05, 4.69) is 22.4 Å². The minimum atomic E-state index is 0.0329. The fraction of sp³-hybridized carbons (Fsp3) is 0.100. The lowest BCUT2D eigenvalue weighted by atomic mass is 10.0. The maximum absolute atomic E-state index is 9.69. The number of oxime groups is 1. The Kier molecular flexibility index (Phi) is 4.08. The number of rotatable bonds is 3. The first-order valence-corrected chi connectivity index (χ1v) is 9.22. The molecule has 27 heavy (non-hydrogen) atoms. The number of benzene rings is 1. The van der Waals surface area contributed by atoms with Crippen LogP contribution in [0.15, 0.2) is 53.1 Å². The summed E-state index contributed by atoms with van der Waals surface area (Å²) in [6.45, 7) is 4.09. The van der Waals surface area contributed by atoms with Gasteiger partial charge in [0, 0.05) is 27.7 Å². The van der Waals surface area contributed by atoms with Crippen molar-refractivity contribution in [3.8, 4) is 22.7 Å². The lowest BCUT2D eigenvalue weighted by Crippen LogP contribution is -2.14. The van der Waals surface area contributed by atoms with E-state index in [9.17, 15) is 10.3 Å². The van der Waals surface area contributed by atoms with Crippen LogP contribution < -0.4 is 5.73 Å². The van der Waals surface area contributed by atoms with Gasteiger partial charge >= 0.3 is 0 Å². The van der Waals surface area contributed by atoms with Gasteiger partial charge < -0.3 is 16.0 Å². The Morgan fingerprint density at radius 1 is 1.19 bits per heavy atom. The van der Waals surface area contributed by atoms with E-state index in [1.807, 2.05) is 35.8 Å². The molecule has 0 saturated heterocycles. The van der Waals surface area contributed by atoms with E-state index in [-0.39, 0.29) is 11.6 Å². The molecular formula is C20H18N4O2S. The quantitative estimate of drug-likeness (QED) is 0.216. The fourth-order valence-electron chi connectivity index (χ4n) is 3.44. The molecule has 0 aliphatic heterocycles. The highest BCUT2D eigenvalue weighted by Crippen LogP contribution is 2.40. The molecule has 0 unspecified atom stereocenters. The minimum absolute atomic E-state index is 0.0329. The number of amidine groups is 1. The number of nitrogens with two attached hydrogens (primary N) is 1. The molecule has 4 aromatic rings. The van der Waals surface area contributed by atoms with Gasteiger partial charge in [0.25, 0.3) is 0 Å². The second kappa shape index (κ2) is 6.44. The van der Waals surface area contributed by atoms with Crippen molar-refractivity contribution in [3.63, 3.8) is 0 Å². The van der Waals surface area contributed by atoms with Gasteiger partial charge in [-0.05, 0) is 61.2 Å². The molecule has 0 radical (unpaired) electrons. The van der Waals surface area contributed by atoms with Gasteiger partial charge in [-0.15, -0.1) is 11.3 Å². The number of nitrogens with zero attached hydrogens (tertiary/aromatic N) is 3. The summed E-state index contributed by atoms with van der Waals surface area (Å²) in [7, 11) is 0. The predicted octanol–water partition coefficient (Wildman–Crippen LogP) is 4.17. The van der Waals surface area contributed by atoms with Gasteiger partial charge in [0.15, 0.2) is 5.84 Å². The number of phenolic OH excluding ortho intramolecular Hbond substituents is 1. The van der Waals surface area contributed by atoms with E-state index in [0.717, 1.165) is 32.8 Å². The number of phenols is 1.